The molecule has 44 heavy (non-hydrogen) atoms. The highest BCUT2D eigenvalue weighted by Crippen LogP contribution is 2.54. The van der Waals surface area contributed by atoms with Crippen LogP contribution in [0.2, 0.25) is 0 Å². The fraction of sp³-hybridized carbons (Fsp3) is 0.116. The van der Waals surface area contributed by atoms with Gasteiger partial charge >= 0.3 is 0 Å². The molecule has 0 spiro atoms. The minimum absolute atomic E-state index is 0.0826. The standard InChI is InChI=1S/C43H35N/c1-3-43(4-2)41-22-14-13-21-37(41)38-26-24-34(29-42(38)43)44(32-18-9-6-10-19-32)33-23-25-36-35-20-12-11-17-31(35)27-39(40(36)28-33)30-15-7-5-8-16-30/h5-29H,3-4H2,1-2H3/i5D,7D,8D,15D,16D. The van der Waals surface area contributed by atoms with E-state index in [-0.39, 0.29) is 35.1 Å². The van der Waals surface area contributed by atoms with Crippen LogP contribution in [0.25, 0.3) is 43.8 Å². The van der Waals surface area contributed by atoms with Crippen molar-refractivity contribution in [1.29, 1.82) is 0 Å². The number of para-hydroxylation sites is 1. The zero-order valence-electron chi connectivity index (χ0n) is 29.9. The van der Waals surface area contributed by atoms with Crippen LogP contribution >= 0.6 is 0 Å². The van der Waals surface area contributed by atoms with Gasteiger partial charge in [0.2, 0.25) is 0 Å². The van der Waals surface area contributed by atoms with Crippen LogP contribution in [-0.4, -0.2) is 0 Å². The summed E-state index contributed by atoms with van der Waals surface area (Å²) in [5, 5.41) is 3.76. The fourth-order valence-corrected chi connectivity index (χ4v) is 7.44. The Morgan fingerprint density at radius 2 is 1.20 bits per heavy atom. The Bertz CT molecular complexity index is 2400. The molecule has 1 aliphatic carbocycles. The van der Waals surface area contributed by atoms with Gasteiger partial charge in [0.15, 0.2) is 0 Å². The van der Waals surface area contributed by atoms with Gasteiger partial charge in [0.25, 0.3) is 0 Å². The largest absolute Gasteiger partial charge is 0.310 e. The Hall–Kier alpha value is -5.14. The number of hydrogen-bond acceptors (Lipinski definition) is 1. The van der Waals surface area contributed by atoms with E-state index in [2.05, 4.69) is 97.6 Å². The van der Waals surface area contributed by atoms with E-state index in [1.807, 2.05) is 42.5 Å². The highest BCUT2D eigenvalue weighted by Gasteiger charge is 2.40. The van der Waals surface area contributed by atoms with Crippen molar-refractivity contribution >= 4 is 38.6 Å². The first-order valence-electron chi connectivity index (χ1n) is 17.9. The molecule has 0 heterocycles. The average molecular weight is 571 g/mol. The van der Waals surface area contributed by atoms with Crippen LogP contribution in [0.5, 0.6) is 0 Å². The van der Waals surface area contributed by atoms with Crippen molar-refractivity contribution in [3.63, 3.8) is 0 Å². The molecule has 0 fully saturated rings. The van der Waals surface area contributed by atoms with Crippen LogP contribution in [-0.2, 0) is 5.41 Å². The Labute approximate surface area is 267 Å². The molecule has 0 radical (unpaired) electrons. The lowest BCUT2D eigenvalue weighted by Crippen LogP contribution is -2.23. The van der Waals surface area contributed by atoms with E-state index < -0.39 is 6.04 Å². The van der Waals surface area contributed by atoms with Crippen LogP contribution in [0.3, 0.4) is 0 Å². The van der Waals surface area contributed by atoms with Gasteiger partial charge < -0.3 is 4.90 Å². The second-order valence-electron chi connectivity index (χ2n) is 11.6. The summed E-state index contributed by atoms with van der Waals surface area (Å²) in [4.78, 5) is 2.26. The van der Waals surface area contributed by atoms with Gasteiger partial charge in [-0.05, 0) is 110 Å². The lowest BCUT2D eigenvalue weighted by Gasteiger charge is -2.32. The average Bonchev–Trinajstić information content (AvgIpc) is 3.43. The number of nitrogens with zero attached hydrogens (tertiary/aromatic N) is 1. The van der Waals surface area contributed by atoms with Crippen molar-refractivity contribution in [2.45, 2.75) is 32.1 Å². The van der Waals surface area contributed by atoms with E-state index in [1.54, 1.807) is 0 Å². The summed E-state index contributed by atoms with van der Waals surface area (Å²) in [6.45, 7) is 4.57. The maximum atomic E-state index is 8.88. The molecule has 1 nitrogen and oxygen atoms in total. The molecule has 1 aliphatic rings. The highest BCUT2D eigenvalue weighted by atomic mass is 15.1. The van der Waals surface area contributed by atoms with E-state index in [4.69, 9.17) is 6.85 Å². The Kier molecular flexibility index (Phi) is 5.16. The van der Waals surface area contributed by atoms with Gasteiger partial charge in [0.1, 0.15) is 0 Å². The molecular formula is C43H35N. The summed E-state index contributed by atoms with van der Waals surface area (Å²) in [7, 11) is 0. The van der Waals surface area contributed by atoms with Crippen LogP contribution in [0.1, 0.15) is 44.7 Å². The summed E-state index contributed by atoms with van der Waals surface area (Å²) in [5.74, 6) is 0. The van der Waals surface area contributed by atoms with E-state index in [9.17, 15) is 0 Å². The molecule has 0 saturated heterocycles. The predicted octanol–water partition coefficient (Wildman–Crippen LogP) is 12.2. The highest BCUT2D eigenvalue weighted by molar-refractivity contribution is 6.14. The maximum absolute atomic E-state index is 8.88. The van der Waals surface area contributed by atoms with E-state index >= 15 is 0 Å². The van der Waals surface area contributed by atoms with Gasteiger partial charge in [0, 0.05) is 22.5 Å². The molecule has 1 heteroatoms. The lowest BCUT2D eigenvalue weighted by atomic mass is 9.74. The smallest absolute Gasteiger partial charge is 0.0629 e. The van der Waals surface area contributed by atoms with E-state index in [0.29, 0.717) is 5.56 Å². The number of benzene rings is 7. The molecule has 212 valence electrons. The minimum atomic E-state index is -0.395. The van der Waals surface area contributed by atoms with Crippen molar-refractivity contribution in [3.8, 4) is 22.3 Å². The second-order valence-corrected chi connectivity index (χ2v) is 11.6. The molecule has 7 aromatic carbocycles. The van der Waals surface area contributed by atoms with Gasteiger partial charge in [-0.15, -0.1) is 0 Å². The van der Waals surface area contributed by atoms with Gasteiger partial charge in [-0.3, -0.25) is 0 Å². The summed E-state index contributed by atoms with van der Waals surface area (Å²) in [5.41, 5.74) is 9.00. The van der Waals surface area contributed by atoms with Crippen molar-refractivity contribution < 1.29 is 6.85 Å². The van der Waals surface area contributed by atoms with E-state index in [0.717, 1.165) is 51.4 Å². The van der Waals surface area contributed by atoms with Gasteiger partial charge in [-0.1, -0.05) is 123 Å². The Morgan fingerprint density at radius 3 is 2.02 bits per heavy atom. The zero-order valence-corrected chi connectivity index (χ0v) is 24.9. The lowest BCUT2D eigenvalue weighted by molar-refractivity contribution is 0.490. The molecule has 0 atom stereocenters. The fourth-order valence-electron chi connectivity index (χ4n) is 7.44. The van der Waals surface area contributed by atoms with Crippen molar-refractivity contribution in [2.75, 3.05) is 4.90 Å². The van der Waals surface area contributed by atoms with Crippen molar-refractivity contribution in [1.82, 2.24) is 0 Å². The number of fused-ring (bicyclic) bond motifs is 6. The summed E-state index contributed by atoms with van der Waals surface area (Å²) >= 11 is 0. The third-order valence-electron chi connectivity index (χ3n) is 9.60. The van der Waals surface area contributed by atoms with Crippen molar-refractivity contribution in [3.05, 3.63) is 163 Å². The first-order chi connectivity index (χ1) is 23.8. The molecule has 0 amide bonds. The quantitative estimate of drug-likeness (QED) is 0.180. The monoisotopic (exact) mass is 570 g/mol. The summed E-state index contributed by atoms with van der Waals surface area (Å²) in [6.07, 6.45) is 1.99. The SMILES string of the molecule is [2H]c1c([2H])c([2H])c(-c2cc3ccccc3c3ccc(N(c4ccccc4)c4ccc5c(c4)C(CC)(CC)c4ccccc4-5)cc23)c([2H])c1[2H]. The van der Waals surface area contributed by atoms with Crippen molar-refractivity contribution in [2.24, 2.45) is 0 Å². The number of hydrogen-bond donors (Lipinski definition) is 0. The van der Waals surface area contributed by atoms with Crippen LogP contribution in [0.15, 0.2) is 152 Å². The topological polar surface area (TPSA) is 3.24 Å². The second kappa shape index (κ2) is 10.5. The summed E-state index contributed by atoms with van der Waals surface area (Å²) in [6, 6.07) is 40.8. The maximum Gasteiger partial charge on any atom is 0.0629 e. The third-order valence-corrected chi connectivity index (χ3v) is 9.60. The van der Waals surface area contributed by atoms with Crippen LogP contribution in [0, 0.1) is 0 Å². The number of anilines is 3. The van der Waals surface area contributed by atoms with Crippen LogP contribution < -0.4 is 4.90 Å². The van der Waals surface area contributed by atoms with Gasteiger partial charge in [-0.2, -0.15) is 0 Å². The van der Waals surface area contributed by atoms with Gasteiger partial charge in [-0.25, -0.2) is 0 Å². The first-order valence-corrected chi connectivity index (χ1v) is 15.4. The molecule has 0 unspecified atom stereocenters. The van der Waals surface area contributed by atoms with Gasteiger partial charge in [0.05, 0.1) is 6.85 Å². The molecule has 0 bridgehead atoms. The molecule has 0 aliphatic heterocycles. The molecule has 7 aromatic rings. The Morgan fingerprint density at radius 1 is 0.523 bits per heavy atom. The molecule has 0 saturated carbocycles. The van der Waals surface area contributed by atoms with Crippen LogP contribution in [0.4, 0.5) is 17.1 Å². The molecule has 0 N–H and O–H groups in total. The molecule has 0 aromatic heterocycles. The first kappa shape index (κ1) is 21.5. The molecule has 8 rings (SSSR count). The zero-order chi connectivity index (χ0) is 34.0. The predicted molar refractivity (Wildman–Crippen MR) is 188 cm³/mol. The number of rotatable bonds is 6. The summed E-state index contributed by atoms with van der Waals surface area (Å²) < 4.78 is 42.9. The Balaban J connectivity index is 1.41. The van der Waals surface area contributed by atoms with E-state index in [1.165, 1.54) is 22.3 Å². The minimum Gasteiger partial charge on any atom is -0.310 e. The third kappa shape index (κ3) is 4.00. The normalized spacial score (nSPS) is 14.7. The molecular weight excluding hydrogens is 530 g/mol.